The van der Waals surface area contributed by atoms with Crippen LogP contribution in [0.2, 0.25) is 0 Å². The molecule has 1 radical (unpaired) electrons. The Balaban J connectivity index is 2.69. The Morgan fingerprint density at radius 1 is 1.30 bits per heavy atom. The molecule has 0 aliphatic carbocycles. The minimum atomic E-state index is -0.248. The van der Waals surface area contributed by atoms with Gasteiger partial charge in [0.1, 0.15) is 5.82 Å². The highest BCUT2D eigenvalue weighted by Crippen LogP contribution is 2.01. The van der Waals surface area contributed by atoms with Gasteiger partial charge in [0.15, 0.2) is 0 Å². The predicted molar refractivity (Wildman–Crippen MR) is 38.1 cm³/mol. The molecule has 0 saturated heterocycles. The zero-order valence-corrected chi connectivity index (χ0v) is 5.42. The van der Waals surface area contributed by atoms with Crippen molar-refractivity contribution >= 4 is 7.48 Å². The van der Waals surface area contributed by atoms with Crippen LogP contribution in [0.4, 0.5) is 4.39 Å². The van der Waals surface area contributed by atoms with Crippen molar-refractivity contribution < 1.29 is 9.41 Å². The fourth-order valence-corrected chi connectivity index (χ4v) is 0.726. The minimum Gasteiger partial charge on any atom is -0.454 e. The van der Waals surface area contributed by atoms with Gasteiger partial charge in [-0.2, -0.15) is 0 Å². The van der Waals surface area contributed by atoms with Crippen molar-refractivity contribution in [2.75, 3.05) is 0 Å². The molecule has 51 valence electrons. The van der Waals surface area contributed by atoms with Crippen LogP contribution in [-0.2, 0) is 6.32 Å². The average molecular weight is 137 g/mol. The summed E-state index contributed by atoms with van der Waals surface area (Å²) in [5, 5.41) is 8.37. The fourth-order valence-electron chi connectivity index (χ4n) is 0.726. The molecule has 10 heavy (non-hydrogen) atoms. The van der Waals surface area contributed by atoms with E-state index in [1.165, 1.54) is 12.1 Å². The van der Waals surface area contributed by atoms with E-state index >= 15 is 0 Å². The second kappa shape index (κ2) is 3.37. The highest BCUT2D eigenvalue weighted by atomic mass is 19.1. The van der Waals surface area contributed by atoms with E-state index in [9.17, 15) is 4.39 Å². The minimum absolute atomic E-state index is 0.248. The smallest absolute Gasteiger partial charge is 0.291 e. The first-order chi connectivity index (χ1) is 4.83. The van der Waals surface area contributed by atoms with Gasteiger partial charge < -0.3 is 5.02 Å². The summed E-state index contributed by atoms with van der Waals surface area (Å²) < 4.78 is 12.3. The van der Waals surface area contributed by atoms with Crippen LogP contribution >= 0.6 is 0 Å². The van der Waals surface area contributed by atoms with Gasteiger partial charge in [0, 0.05) is 0 Å². The van der Waals surface area contributed by atoms with Gasteiger partial charge in [-0.3, -0.25) is 0 Å². The van der Waals surface area contributed by atoms with Gasteiger partial charge in [0.2, 0.25) is 0 Å². The van der Waals surface area contributed by atoms with Gasteiger partial charge in [0.05, 0.1) is 0 Å². The van der Waals surface area contributed by atoms with E-state index in [-0.39, 0.29) is 5.82 Å². The van der Waals surface area contributed by atoms with Crippen molar-refractivity contribution in [3.63, 3.8) is 0 Å². The quantitative estimate of drug-likeness (QED) is 0.601. The first-order valence-corrected chi connectivity index (χ1v) is 3.03. The molecule has 0 aliphatic rings. The van der Waals surface area contributed by atoms with Crippen LogP contribution in [0.5, 0.6) is 0 Å². The lowest BCUT2D eigenvalue weighted by atomic mass is 9.90. The summed E-state index contributed by atoms with van der Waals surface area (Å²) in [6.45, 7) is 0. The molecule has 0 amide bonds. The SMILES string of the molecule is O[B]Cc1ccc(F)cc1. The number of hydrogen-bond acceptors (Lipinski definition) is 1. The van der Waals surface area contributed by atoms with E-state index in [4.69, 9.17) is 5.02 Å². The van der Waals surface area contributed by atoms with Gasteiger partial charge in [-0.15, -0.1) is 0 Å². The van der Waals surface area contributed by atoms with Gasteiger partial charge in [-0.1, -0.05) is 17.7 Å². The van der Waals surface area contributed by atoms with Crippen molar-refractivity contribution in [3.05, 3.63) is 35.6 Å². The summed E-state index contributed by atoms with van der Waals surface area (Å²) in [7, 11) is 1.05. The normalized spacial score (nSPS) is 9.40. The molecule has 0 bridgehead atoms. The van der Waals surface area contributed by atoms with Crippen molar-refractivity contribution in [1.82, 2.24) is 0 Å². The molecule has 1 rings (SSSR count). The van der Waals surface area contributed by atoms with Crippen molar-refractivity contribution in [3.8, 4) is 0 Å². The van der Waals surface area contributed by atoms with E-state index < -0.39 is 0 Å². The fraction of sp³-hybridized carbons (Fsp3) is 0.143. The Morgan fingerprint density at radius 3 is 2.40 bits per heavy atom. The van der Waals surface area contributed by atoms with Crippen LogP contribution in [0, 0.1) is 5.82 Å². The van der Waals surface area contributed by atoms with E-state index in [0.717, 1.165) is 13.0 Å². The lowest BCUT2D eigenvalue weighted by molar-refractivity contribution is 0.600. The maximum atomic E-state index is 12.3. The summed E-state index contributed by atoms with van der Waals surface area (Å²) in [5.41, 5.74) is 0.906. The Hall–Kier alpha value is -0.825. The molecule has 0 spiro atoms. The Morgan fingerprint density at radius 2 is 1.90 bits per heavy atom. The molecular weight excluding hydrogens is 130 g/mol. The first-order valence-electron chi connectivity index (χ1n) is 3.03. The van der Waals surface area contributed by atoms with Crippen LogP contribution in [-0.4, -0.2) is 12.5 Å². The van der Waals surface area contributed by atoms with Gasteiger partial charge in [-0.05, 0) is 18.5 Å². The van der Waals surface area contributed by atoms with Crippen LogP contribution in [0.25, 0.3) is 0 Å². The summed E-state index contributed by atoms with van der Waals surface area (Å²) in [4.78, 5) is 0. The molecule has 1 aromatic rings. The molecular formula is C7H7BFO. The third-order valence-electron chi connectivity index (χ3n) is 1.24. The molecule has 0 saturated carbocycles. The molecule has 1 nitrogen and oxygen atoms in total. The number of rotatable bonds is 2. The lowest BCUT2D eigenvalue weighted by Crippen LogP contribution is -1.93. The summed E-state index contributed by atoms with van der Waals surface area (Å²) >= 11 is 0. The van der Waals surface area contributed by atoms with Gasteiger partial charge in [-0.25, -0.2) is 4.39 Å². The zero-order chi connectivity index (χ0) is 7.40. The summed E-state index contributed by atoms with van der Waals surface area (Å²) in [6.07, 6.45) is 0.472. The standard InChI is InChI=1S/C7H7BFO/c9-7-3-1-6(2-4-7)5-8-10/h1-4,10H,5H2. The molecule has 0 fully saturated rings. The van der Waals surface area contributed by atoms with E-state index in [2.05, 4.69) is 0 Å². The molecule has 1 N–H and O–H groups in total. The molecule has 0 heterocycles. The summed E-state index contributed by atoms with van der Waals surface area (Å²) in [6, 6.07) is 6.03. The topological polar surface area (TPSA) is 20.2 Å². The summed E-state index contributed by atoms with van der Waals surface area (Å²) in [5.74, 6) is -0.248. The molecule has 0 aliphatic heterocycles. The van der Waals surface area contributed by atoms with Gasteiger partial charge in [0.25, 0.3) is 7.48 Å². The number of halogens is 1. The number of hydrogen-bond donors (Lipinski definition) is 1. The zero-order valence-electron chi connectivity index (χ0n) is 5.42. The average Bonchev–Trinajstić information content (AvgIpc) is 1.95. The highest BCUT2D eigenvalue weighted by molar-refractivity contribution is 6.24. The molecule has 1 aromatic carbocycles. The van der Waals surface area contributed by atoms with E-state index in [0.29, 0.717) is 6.32 Å². The molecule has 0 unspecified atom stereocenters. The molecule has 0 aromatic heterocycles. The van der Waals surface area contributed by atoms with E-state index in [1.54, 1.807) is 12.1 Å². The van der Waals surface area contributed by atoms with Crippen LogP contribution < -0.4 is 0 Å². The third-order valence-corrected chi connectivity index (χ3v) is 1.24. The Labute approximate surface area is 59.8 Å². The maximum Gasteiger partial charge on any atom is 0.291 e. The monoisotopic (exact) mass is 137 g/mol. The van der Waals surface area contributed by atoms with Crippen molar-refractivity contribution in [1.29, 1.82) is 0 Å². The first kappa shape index (κ1) is 7.28. The lowest BCUT2D eigenvalue weighted by Gasteiger charge is -1.94. The molecule has 0 atom stereocenters. The van der Waals surface area contributed by atoms with Crippen LogP contribution in [0.3, 0.4) is 0 Å². The number of benzene rings is 1. The second-order valence-corrected chi connectivity index (χ2v) is 2.01. The van der Waals surface area contributed by atoms with E-state index in [1.807, 2.05) is 0 Å². The van der Waals surface area contributed by atoms with Crippen molar-refractivity contribution in [2.45, 2.75) is 6.32 Å². The van der Waals surface area contributed by atoms with Crippen LogP contribution in [0.1, 0.15) is 5.56 Å². The van der Waals surface area contributed by atoms with Crippen molar-refractivity contribution in [2.24, 2.45) is 0 Å². The second-order valence-electron chi connectivity index (χ2n) is 2.01. The largest absolute Gasteiger partial charge is 0.454 e. The van der Waals surface area contributed by atoms with Gasteiger partial charge >= 0.3 is 0 Å². The third kappa shape index (κ3) is 1.85. The molecule has 3 heteroatoms. The Bertz CT molecular complexity index is 197. The maximum absolute atomic E-state index is 12.3. The Kier molecular flexibility index (Phi) is 2.45. The predicted octanol–water partition coefficient (Wildman–Crippen LogP) is 0.937. The van der Waals surface area contributed by atoms with Crippen LogP contribution in [0.15, 0.2) is 24.3 Å². The highest BCUT2D eigenvalue weighted by Gasteiger charge is 1.92.